The quantitative estimate of drug-likeness (QED) is 0.747. The van der Waals surface area contributed by atoms with E-state index in [1.54, 1.807) is 0 Å². The van der Waals surface area contributed by atoms with E-state index in [-0.39, 0.29) is 0 Å². The zero-order valence-electron chi connectivity index (χ0n) is 8.92. The average Bonchev–Trinajstić information content (AvgIpc) is 2.50. The van der Waals surface area contributed by atoms with Crippen molar-refractivity contribution >= 4 is 5.82 Å². The minimum atomic E-state index is 0.435. The summed E-state index contributed by atoms with van der Waals surface area (Å²) in [6.45, 7) is 4.64. The molecule has 1 aromatic rings. The van der Waals surface area contributed by atoms with Gasteiger partial charge in [0.2, 0.25) is 0 Å². The lowest BCUT2D eigenvalue weighted by molar-refractivity contribution is 0.197. The first kappa shape index (κ1) is 9.56. The molecule has 0 aliphatic heterocycles. The van der Waals surface area contributed by atoms with Crippen LogP contribution in [0.2, 0.25) is 0 Å². The second kappa shape index (κ2) is 3.30. The third-order valence-corrected chi connectivity index (χ3v) is 3.15. The van der Waals surface area contributed by atoms with Crippen molar-refractivity contribution < 1.29 is 4.52 Å². The van der Waals surface area contributed by atoms with Gasteiger partial charge in [-0.3, -0.25) is 0 Å². The van der Waals surface area contributed by atoms with Gasteiger partial charge in [-0.15, -0.1) is 0 Å². The van der Waals surface area contributed by atoms with Crippen molar-refractivity contribution in [3.05, 3.63) is 11.8 Å². The highest BCUT2D eigenvalue weighted by molar-refractivity contribution is 5.28. The molecular weight excluding hydrogens is 176 g/mol. The van der Waals surface area contributed by atoms with E-state index in [1.165, 1.54) is 25.7 Å². The van der Waals surface area contributed by atoms with Crippen LogP contribution in [-0.2, 0) is 0 Å². The first-order valence-electron chi connectivity index (χ1n) is 5.29. The summed E-state index contributed by atoms with van der Waals surface area (Å²) in [6, 6.07) is 1.87. The van der Waals surface area contributed by atoms with E-state index in [0.29, 0.717) is 17.2 Å². The predicted octanol–water partition coefficient (Wildman–Crippen LogP) is 2.94. The lowest BCUT2D eigenvalue weighted by Gasteiger charge is -2.33. The summed E-state index contributed by atoms with van der Waals surface area (Å²) in [5.41, 5.74) is 5.98. The molecular formula is C11H18N2O. The van der Waals surface area contributed by atoms with Gasteiger partial charge in [0.05, 0.1) is 0 Å². The van der Waals surface area contributed by atoms with Crippen LogP contribution >= 0.6 is 0 Å². The Hall–Kier alpha value is -0.990. The minimum Gasteiger partial charge on any atom is -0.381 e. The Bertz CT molecular complexity index is 317. The van der Waals surface area contributed by atoms with E-state index in [2.05, 4.69) is 19.0 Å². The third-order valence-electron chi connectivity index (χ3n) is 3.15. The van der Waals surface area contributed by atoms with Gasteiger partial charge in [-0.1, -0.05) is 25.4 Å². The number of nitrogens with two attached hydrogens (primary N) is 1. The SMILES string of the molecule is CC1(C)CCCC(c2cc(N)no2)C1. The second-order valence-corrected chi connectivity index (χ2v) is 5.11. The Balaban J connectivity index is 2.12. The van der Waals surface area contributed by atoms with Crippen molar-refractivity contribution in [1.29, 1.82) is 0 Å². The highest BCUT2D eigenvalue weighted by Gasteiger charge is 2.30. The highest BCUT2D eigenvalue weighted by Crippen LogP contribution is 2.43. The topological polar surface area (TPSA) is 52.0 Å². The summed E-state index contributed by atoms with van der Waals surface area (Å²) in [7, 11) is 0. The zero-order valence-corrected chi connectivity index (χ0v) is 8.92. The summed E-state index contributed by atoms with van der Waals surface area (Å²) in [5.74, 6) is 1.99. The number of nitrogen functional groups attached to an aromatic ring is 1. The maximum absolute atomic E-state index is 5.55. The summed E-state index contributed by atoms with van der Waals surface area (Å²) in [4.78, 5) is 0. The summed E-state index contributed by atoms with van der Waals surface area (Å²) >= 11 is 0. The molecule has 1 aliphatic rings. The fourth-order valence-corrected chi connectivity index (χ4v) is 2.44. The van der Waals surface area contributed by atoms with Gasteiger partial charge < -0.3 is 10.3 Å². The monoisotopic (exact) mass is 194 g/mol. The van der Waals surface area contributed by atoms with Gasteiger partial charge in [0.1, 0.15) is 5.76 Å². The van der Waals surface area contributed by atoms with E-state index >= 15 is 0 Å². The van der Waals surface area contributed by atoms with E-state index in [4.69, 9.17) is 10.3 Å². The number of nitrogens with zero attached hydrogens (tertiary/aromatic N) is 1. The third kappa shape index (κ3) is 1.91. The molecule has 0 spiro atoms. The zero-order chi connectivity index (χ0) is 10.2. The van der Waals surface area contributed by atoms with Crippen molar-refractivity contribution in [2.24, 2.45) is 5.41 Å². The van der Waals surface area contributed by atoms with Crippen LogP contribution in [0.4, 0.5) is 5.82 Å². The molecule has 1 aromatic heterocycles. The van der Waals surface area contributed by atoms with Crippen molar-refractivity contribution in [2.75, 3.05) is 5.73 Å². The molecule has 3 heteroatoms. The molecule has 1 fully saturated rings. The van der Waals surface area contributed by atoms with Gasteiger partial charge in [-0.25, -0.2) is 0 Å². The standard InChI is InChI=1S/C11H18N2O/c1-11(2)5-3-4-8(7-11)9-6-10(12)13-14-9/h6,8H,3-5,7H2,1-2H3,(H2,12,13). The van der Waals surface area contributed by atoms with E-state index in [9.17, 15) is 0 Å². The van der Waals surface area contributed by atoms with Crippen LogP contribution in [0.3, 0.4) is 0 Å². The Morgan fingerprint density at radius 1 is 1.57 bits per heavy atom. The molecule has 1 saturated carbocycles. The minimum absolute atomic E-state index is 0.435. The molecule has 1 atom stereocenters. The molecule has 0 amide bonds. The molecule has 78 valence electrons. The molecule has 1 heterocycles. The summed E-state index contributed by atoms with van der Waals surface area (Å²) in [6.07, 6.45) is 4.98. The Morgan fingerprint density at radius 2 is 2.36 bits per heavy atom. The molecule has 14 heavy (non-hydrogen) atoms. The maximum Gasteiger partial charge on any atom is 0.167 e. The highest BCUT2D eigenvalue weighted by atomic mass is 16.5. The number of rotatable bonds is 1. The Labute approximate surface area is 84.7 Å². The van der Waals surface area contributed by atoms with Crippen molar-refractivity contribution in [3.8, 4) is 0 Å². The lowest BCUT2D eigenvalue weighted by Crippen LogP contribution is -2.21. The summed E-state index contributed by atoms with van der Waals surface area (Å²) in [5, 5.41) is 3.74. The maximum atomic E-state index is 5.55. The molecule has 2 N–H and O–H groups in total. The summed E-state index contributed by atoms with van der Waals surface area (Å²) < 4.78 is 5.22. The van der Waals surface area contributed by atoms with Crippen LogP contribution < -0.4 is 5.73 Å². The lowest BCUT2D eigenvalue weighted by atomic mass is 9.71. The molecule has 3 nitrogen and oxygen atoms in total. The molecule has 1 aliphatic carbocycles. The molecule has 1 unspecified atom stereocenters. The number of hydrogen-bond acceptors (Lipinski definition) is 3. The predicted molar refractivity (Wildman–Crippen MR) is 55.9 cm³/mol. The molecule has 0 radical (unpaired) electrons. The number of aromatic nitrogens is 1. The van der Waals surface area contributed by atoms with Gasteiger partial charge in [-0.05, 0) is 24.7 Å². The van der Waals surface area contributed by atoms with Gasteiger partial charge in [-0.2, -0.15) is 0 Å². The van der Waals surface area contributed by atoms with Crippen LogP contribution in [0, 0.1) is 5.41 Å². The van der Waals surface area contributed by atoms with E-state index in [0.717, 1.165) is 5.76 Å². The fraction of sp³-hybridized carbons (Fsp3) is 0.727. The Morgan fingerprint density at radius 3 is 2.93 bits per heavy atom. The first-order valence-corrected chi connectivity index (χ1v) is 5.29. The van der Waals surface area contributed by atoms with E-state index in [1.807, 2.05) is 6.07 Å². The first-order chi connectivity index (χ1) is 6.57. The molecule has 2 rings (SSSR count). The smallest absolute Gasteiger partial charge is 0.167 e. The largest absolute Gasteiger partial charge is 0.381 e. The van der Waals surface area contributed by atoms with Crippen LogP contribution in [0.15, 0.2) is 10.6 Å². The molecule has 0 saturated heterocycles. The van der Waals surface area contributed by atoms with Crippen molar-refractivity contribution in [3.63, 3.8) is 0 Å². The van der Waals surface area contributed by atoms with Crippen molar-refractivity contribution in [1.82, 2.24) is 5.16 Å². The van der Waals surface area contributed by atoms with Crippen molar-refractivity contribution in [2.45, 2.75) is 45.4 Å². The van der Waals surface area contributed by atoms with Gasteiger partial charge in [0, 0.05) is 12.0 Å². The number of anilines is 1. The fourth-order valence-electron chi connectivity index (χ4n) is 2.44. The van der Waals surface area contributed by atoms with Gasteiger partial charge in [0.25, 0.3) is 0 Å². The molecule has 0 bridgehead atoms. The average molecular weight is 194 g/mol. The van der Waals surface area contributed by atoms with Crippen LogP contribution in [0.25, 0.3) is 0 Å². The second-order valence-electron chi connectivity index (χ2n) is 5.11. The van der Waals surface area contributed by atoms with Gasteiger partial charge in [0.15, 0.2) is 5.82 Å². The van der Waals surface area contributed by atoms with Gasteiger partial charge >= 0.3 is 0 Å². The van der Waals surface area contributed by atoms with Crippen LogP contribution in [-0.4, -0.2) is 5.16 Å². The van der Waals surface area contributed by atoms with Crippen LogP contribution in [0.1, 0.15) is 51.2 Å². The molecule has 0 aromatic carbocycles. The normalized spacial score (nSPS) is 26.3. The Kier molecular flexibility index (Phi) is 2.25. The number of hydrogen-bond donors (Lipinski definition) is 1. The van der Waals surface area contributed by atoms with Crippen LogP contribution in [0.5, 0.6) is 0 Å². The van der Waals surface area contributed by atoms with E-state index < -0.39 is 0 Å².